The number of benzene rings is 1. The van der Waals surface area contributed by atoms with Crippen LogP contribution in [-0.4, -0.2) is 40.7 Å². The number of aryl methyl sites for hydroxylation is 2. The maximum atomic E-state index is 12.5. The van der Waals surface area contributed by atoms with Crippen molar-refractivity contribution in [2.45, 2.75) is 44.9 Å². The minimum atomic E-state index is 0.183. The Morgan fingerprint density at radius 2 is 1.86 bits per heavy atom. The molecule has 28 heavy (non-hydrogen) atoms. The van der Waals surface area contributed by atoms with E-state index < -0.39 is 0 Å². The number of nitrogens with zero attached hydrogens (tertiary/aromatic N) is 3. The maximum Gasteiger partial charge on any atom is 0.233 e. The number of piperidine rings is 1. The fraction of sp³-hybridized carbons (Fsp3) is 0.500. The van der Waals surface area contributed by atoms with E-state index >= 15 is 0 Å². The number of aromatic nitrogens is 2. The number of hydrogen-bond acceptors (Lipinski definition) is 4. The van der Waals surface area contributed by atoms with Crippen molar-refractivity contribution in [3.05, 3.63) is 52.2 Å². The maximum absolute atomic E-state index is 12.5. The molecule has 0 spiro atoms. The van der Waals surface area contributed by atoms with Crippen molar-refractivity contribution in [3.63, 3.8) is 0 Å². The summed E-state index contributed by atoms with van der Waals surface area (Å²) in [4.78, 5) is 14.5. The number of carbonyl (C=O) groups is 1. The monoisotopic (exact) mass is 399 g/mol. The third kappa shape index (κ3) is 4.82. The molecular weight excluding hydrogens is 374 g/mol. The molecule has 1 saturated heterocycles. The van der Waals surface area contributed by atoms with Gasteiger partial charge in [-0.25, -0.2) is 0 Å². The van der Waals surface area contributed by atoms with Gasteiger partial charge in [-0.05, 0) is 67.7 Å². The van der Waals surface area contributed by atoms with E-state index in [4.69, 9.17) is 16.3 Å². The van der Waals surface area contributed by atoms with Gasteiger partial charge in [0, 0.05) is 24.2 Å². The van der Waals surface area contributed by atoms with Gasteiger partial charge in [0.05, 0.1) is 18.7 Å². The Kier molecular flexibility index (Phi) is 6.10. The van der Waals surface area contributed by atoms with Crippen molar-refractivity contribution < 1.29 is 9.53 Å². The van der Waals surface area contributed by atoms with Gasteiger partial charge in [0.2, 0.25) is 11.8 Å². The van der Waals surface area contributed by atoms with Crippen molar-refractivity contribution in [1.82, 2.24) is 15.1 Å². The number of amides is 1. The Labute approximate surface area is 171 Å². The van der Waals surface area contributed by atoms with E-state index in [0.717, 1.165) is 50.0 Å². The molecule has 4 rings (SSSR count). The number of likely N-dealkylation sites (tertiary alicyclic amines) is 1. The van der Waals surface area contributed by atoms with Crippen molar-refractivity contribution in [3.8, 4) is 5.88 Å². The van der Waals surface area contributed by atoms with Crippen LogP contribution < -0.4 is 4.74 Å². The summed E-state index contributed by atoms with van der Waals surface area (Å²) in [5.74, 6) is 1.28. The lowest BCUT2D eigenvalue weighted by molar-refractivity contribution is -0.132. The van der Waals surface area contributed by atoms with Crippen LogP contribution in [-0.2, 0) is 24.1 Å². The first-order chi connectivity index (χ1) is 13.7. The van der Waals surface area contributed by atoms with Crippen LogP contribution in [0.2, 0.25) is 5.02 Å². The molecule has 1 aliphatic carbocycles. The van der Waals surface area contributed by atoms with Crippen LogP contribution in [0, 0.1) is 5.92 Å². The van der Waals surface area contributed by atoms with Gasteiger partial charge in [0.25, 0.3) is 0 Å². The van der Waals surface area contributed by atoms with E-state index in [2.05, 4.69) is 16.3 Å². The molecule has 2 aliphatic rings. The Morgan fingerprint density at radius 3 is 2.64 bits per heavy atom. The molecular formula is C22H26ClN3O2. The SMILES string of the molecule is O=C(Cc1ccc(Cl)cc1)N1CCC(COc2cc3c(nn2)CCCC3)CC1. The van der Waals surface area contributed by atoms with Gasteiger partial charge in [-0.2, -0.15) is 5.10 Å². The normalized spacial score (nSPS) is 17.2. The Hall–Kier alpha value is -2.14. The summed E-state index contributed by atoms with van der Waals surface area (Å²) in [5, 5.41) is 9.25. The molecule has 2 aromatic rings. The van der Waals surface area contributed by atoms with Gasteiger partial charge in [-0.1, -0.05) is 23.7 Å². The van der Waals surface area contributed by atoms with E-state index in [1.807, 2.05) is 29.2 Å². The summed E-state index contributed by atoms with van der Waals surface area (Å²) in [6, 6.07) is 9.56. The van der Waals surface area contributed by atoms with Crippen molar-refractivity contribution in [2.24, 2.45) is 5.92 Å². The van der Waals surface area contributed by atoms with Gasteiger partial charge in [-0.15, -0.1) is 5.10 Å². The highest BCUT2D eigenvalue weighted by molar-refractivity contribution is 6.30. The first-order valence-electron chi connectivity index (χ1n) is 10.2. The van der Waals surface area contributed by atoms with Crippen LogP contribution in [0.3, 0.4) is 0 Å². The van der Waals surface area contributed by atoms with Gasteiger partial charge in [0.15, 0.2) is 0 Å². The topological polar surface area (TPSA) is 55.3 Å². The molecule has 148 valence electrons. The first-order valence-corrected chi connectivity index (χ1v) is 10.6. The van der Waals surface area contributed by atoms with Crippen molar-refractivity contribution in [2.75, 3.05) is 19.7 Å². The number of hydrogen-bond donors (Lipinski definition) is 0. The Bertz CT molecular complexity index is 817. The molecule has 0 radical (unpaired) electrons. The summed E-state index contributed by atoms with van der Waals surface area (Å²) in [5.41, 5.74) is 3.43. The standard InChI is InChI=1S/C22H26ClN3O2/c23-19-7-5-16(6-8-19)13-22(27)26-11-9-17(10-12-26)15-28-21-14-18-3-1-2-4-20(18)24-25-21/h5-8,14,17H,1-4,9-13,15H2. The number of ether oxygens (including phenoxy) is 1. The molecule has 2 heterocycles. The highest BCUT2D eigenvalue weighted by Crippen LogP contribution is 2.23. The van der Waals surface area contributed by atoms with Crippen LogP contribution in [0.5, 0.6) is 5.88 Å². The van der Waals surface area contributed by atoms with E-state index in [-0.39, 0.29) is 5.91 Å². The van der Waals surface area contributed by atoms with E-state index in [9.17, 15) is 4.79 Å². The van der Waals surface area contributed by atoms with Crippen molar-refractivity contribution >= 4 is 17.5 Å². The zero-order valence-corrected chi connectivity index (χ0v) is 16.8. The molecule has 1 fully saturated rings. The van der Waals surface area contributed by atoms with Crippen LogP contribution >= 0.6 is 11.6 Å². The van der Waals surface area contributed by atoms with Crippen LogP contribution in [0.15, 0.2) is 30.3 Å². The van der Waals surface area contributed by atoms with Gasteiger partial charge < -0.3 is 9.64 Å². The highest BCUT2D eigenvalue weighted by Gasteiger charge is 2.23. The summed E-state index contributed by atoms with van der Waals surface area (Å²) >= 11 is 5.91. The number of halogens is 1. The lowest BCUT2D eigenvalue weighted by Crippen LogP contribution is -2.40. The number of carbonyl (C=O) groups excluding carboxylic acids is 1. The minimum absolute atomic E-state index is 0.183. The highest BCUT2D eigenvalue weighted by atomic mass is 35.5. The second kappa shape index (κ2) is 8.91. The third-order valence-electron chi connectivity index (χ3n) is 5.75. The lowest BCUT2D eigenvalue weighted by Gasteiger charge is -2.32. The molecule has 6 heteroatoms. The molecule has 0 unspecified atom stereocenters. The predicted molar refractivity (Wildman–Crippen MR) is 109 cm³/mol. The van der Waals surface area contributed by atoms with Gasteiger partial charge >= 0.3 is 0 Å². The Morgan fingerprint density at radius 1 is 1.11 bits per heavy atom. The summed E-state index contributed by atoms with van der Waals surface area (Å²) in [6.45, 7) is 2.22. The van der Waals surface area contributed by atoms with Crippen LogP contribution in [0.1, 0.15) is 42.5 Å². The molecule has 0 atom stereocenters. The molecule has 1 aliphatic heterocycles. The molecule has 1 aromatic heterocycles. The second-order valence-electron chi connectivity index (χ2n) is 7.80. The van der Waals surface area contributed by atoms with Gasteiger partial charge in [-0.3, -0.25) is 4.79 Å². The number of fused-ring (bicyclic) bond motifs is 1. The largest absolute Gasteiger partial charge is 0.476 e. The zero-order valence-electron chi connectivity index (χ0n) is 16.1. The average molecular weight is 400 g/mol. The average Bonchev–Trinajstić information content (AvgIpc) is 2.74. The predicted octanol–water partition coefficient (Wildman–Crippen LogP) is 3.87. The van der Waals surface area contributed by atoms with E-state index in [1.165, 1.54) is 18.4 Å². The van der Waals surface area contributed by atoms with Crippen LogP contribution in [0.4, 0.5) is 0 Å². The first kappa shape index (κ1) is 19.2. The fourth-order valence-electron chi connectivity index (χ4n) is 3.98. The molecule has 0 saturated carbocycles. The summed E-state index contributed by atoms with van der Waals surface area (Å²) < 4.78 is 5.92. The smallest absolute Gasteiger partial charge is 0.233 e. The van der Waals surface area contributed by atoms with E-state index in [1.54, 1.807) is 0 Å². The van der Waals surface area contributed by atoms with E-state index in [0.29, 0.717) is 29.8 Å². The van der Waals surface area contributed by atoms with Gasteiger partial charge in [0.1, 0.15) is 0 Å². The van der Waals surface area contributed by atoms with Crippen LogP contribution in [0.25, 0.3) is 0 Å². The molecule has 0 N–H and O–H groups in total. The molecule has 1 aromatic carbocycles. The zero-order chi connectivity index (χ0) is 19.3. The molecule has 0 bridgehead atoms. The third-order valence-corrected chi connectivity index (χ3v) is 6.00. The fourth-order valence-corrected chi connectivity index (χ4v) is 4.11. The molecule has 1 amide bonds. The quantitative estimate of drug-likeness (QED) is 0.765. The Balaban J connectivity index is 1.23. The lowest BCUT2D eigenvalue weighted by atomic mass is 9.96. The minimum Gasteiger partial charge on any atom is -0.476 e. The summed E-state index contributed by atoms with van der Waals surface area (Å²) in [6.07, 6.45) is 6.90. The second-order valence-corrected chi connectivity index (χ2v) is 8.24. The molecule has 5 nitrogen and oxygen atoms in total. The van der Waals surface area contributed by atoms with Crippen molar-refractivity contribution in [1.29, 1.82) is 0 Å². The summed E-state index contributed by atoms with van der Waals surface area (Å²) in [7, 11) is 0. The number of rotatable bonds is 5.